The molecule has 108 valence electrons. The molecule has 4 nitrogen and oxygen atoms in total. The van der Waals surface area contributed by atoms with Gasteiger partial charge in [0.05, 0.1) is 16.3 Å². The summed E-state index contributed by atoms with van der Waals surface area (Å²) in [5, 5.41) is 11.6. The number of rotatable bonds is 3. The minimum Gasteiger partial charge on any atom is -0.478 e. The Morgan fingerprint density at radius 1 is 1.24 bits per heavy atom. The van der Waals surface area contributed by atoms with Gasteiger partial charge < -0.3 is 10.4 Å². The summed E-state index contributed by atoms with van der Waals surface area (Å²) in [5.41, 5.74) is 0.723. The van der Waals surface area contributed by atoms with Gasteiger partial charge in [0.1, 0.15) is 5.82 Å². The van der Waals surface area contributed by atoms with Crippen LogP contribution >= 0.6 is 11.6 Å². The number of hydrogen-bond donors (Lipinski definition) is 2. The molecule has 0 spiro atoms. The monoisotopic (exact) mass is 307 g/mol. The van der Waals surface area contributed by atoms with Crippen molar-refractivity contribution in [3.63, 3.8) is 0 Å². The van der Waals surface area contributed by atoms with Gasteiger partial charge in [-0.25, -0.2) is 9.18 Å². The number of hydrogen-bond acceptors (Lipinski definition) is 2. The average molecular weight is 308 g/mol. The lowest BCUT2D eigenvalue weighted by Gasteiger charge is -2.10. The summed E-state index contributed by atoms with van der Waals surface area (Å²) in [7, 11) is 0. The summed E-state index contributed by atoms with van der Waals surface area (Å²) in [6, 6.07) is 8.34. The van der Waals surface area contributed by atoms with E-state index in [0.29, 0.717) is 5.56 Å². The van der Waals surface area contributed by atoms with E-state index in [4.69, 9.17) is 11.6 Å². The molecule has 2 rings (SSSR count). The number of carbonyl (C=O) groups excluding carboxylic acids is 1. The smallest absolute Gasteiger partial charge is 0.338 e. The van der Waals surface area contributed by atoms with E-state index in [9.17, 15) is 19.1 Å². The van der Waals surface area contributed by atoms with Crippen LogP contribution in [0.2, 0.25) is 5.02 Å². The number of amides is 1. The van der Waals surface area contributed by atoms with E-state index in [1.54, 1.807) is 19.1 Å². The summed E-state index contributed by atoms with van der Waals surface area (Å²) in [5.74, 6) is -2.48. The first-order valence-electron chi connectivity index (χ1n) is 5.99. The van der Waals surface area contributed by atoms with Gasteiger partial charge in [0.2, 0.25) is 0 Å². The van der Waals surface area contributed by atoms with Crippen LogP contribution in [0.4, 0.5) is 10.1 Å². The summed E-state index contributed by atoms with van der Waals surface area (Å²) in [6.07, 6.45) is 0. The number of carboxylic acids is 1. The van der Waals surface area contributed by atoms with Crippen LogP contribution in [-0.4, -0.2) is 17.0 Å². The first kappa shape index (κ1) is 15.0. The molecule has 0 saturated carbocycles. The fourth-order valence-corrected chi connectivity index (χ4v) is 2.01. The second-order valence-corrected chi connectivity index (χ2v) is 4.79. The molecule has 21 heavy (non-hydrogen) atoms. The van der Waals surface area contributed by atoms with Crippen molar-refractivity contribution in [3.8, 4) is 0 Å². The van der Waals surface area contributed by atoms with Crippen LogP contribution in [0.25, 0.3) is 0 Å². The third-order valence-electron chi connectivity index (χ3n) is 2.92. The quantitative estimate of drug-likeness (QED) is 0.907. The van der Waals surface area contributed by atoms with E-state index in [1.807, 2.05) is 0 Å². The molecule has 0 aliphatic carbocycles. The van der Waals surface area contributed by atoms with Crippen molar-refractivity contribution in [3.05, 3.63) is 63.9 Å². The predicted octanol–water partition coefficient (Wildman–Crippen LogP) is 3.74. The van der Waals surface area contributed by atoms with Crippen LogP contribution in [0.3, 0.4) is 0 Å². The third-order valence-corrected chi connectivity index (χ3v) is 3.22. The van der Waals surface area contributed by atoms with Crippen LogP contribution < -0.4 is 5.32 Å². The molecule has 0 aromatic heterocycles. The van der Waals surface area contributed by atoms with Crippen molar-refractivity contribution in [2.45, 2.75) is 6.92 Å². The van der Waals surface area contributed by atoms with Crippen molar-refractivity contribution in [1.82, 2.24) is 0 Å². The standard InChI is InChI=1S/C15H11ClFNO3/c1-8-3-2-4-12(13(8)15(20)21)18-14(19)9-5-6-10(16)11(17)7-9/h2-7H,1H3,(H,18,19)(H,20,21). The number of carboxylic acid groups (broad SMARTS) is 1. The number of aryl methyl sites for hydroxylation is 1. The van der Waals surface area contributed by atoms with Crippen LogP contribution in [-0.2, 0) is 0 Å². The molecule has 0 aliphatic rings. The maximum atomic E-state index is 13.3. The Kier molecular flexibility index (Phi) is 4.23. The highest BCUT2D eigenvalue weighted by Crippen LogP contribution is 2.21. The fourth-order valence-electron chi connectivity index (χ4n) is 1.89. The van der Waals surface area contributed by atoms with Gasteiger partial charge in [0.25, 0.3) is 5.91 Å². The topological polar surface area (TPSA) is 66.4 Å². The largest absolute Gasteiger partial charge is 0.478 e. The molecule has 0 aliphatic heterocycles. The van der Waals surface area contributed by atoms with Crippen molar-refractivity contribution in [2.75, 3.05) is 5.32 Å². The lowest BCUT2D eigenvalue weighted by molar-refractivity contribution is 0.0697. The average Bonchev–Trinajstić information content (AvgIpc) is 2.41. The fraction of sp³-hybridized carbons (Fsp3) is 0.0667. The van der Waals surface area contributed by atoms with E-state index in [1.165, 1.54) is 18.2 Å². The molecule has 0 fully saturated rings. The zero-order valence-electron chi connectivity index (χ0n) is 11.0. The normalized spacial score (nSPS) is 10.2. The molecule has 0 radical (unpaired) electrons. The summed E-state index contributed by atoms with van der Waals surface area (Å²) in [4.78, 5) is 23.3. The van der Waals surface area contributed by atoms with E-state index in [0.717, 1.165) is 6.07 Å². The van der Waals surface area contributed by atoms with Gasteiger partial charge in [0, 0.05) is 5.56 Å². The van der Waals surface area contributed by atoms with Crippen LogP contribution in [0, 0.1) is 12.7 Å². The third kappa shape index (κ3) is 3.20. The zero-order chi connectivity index (χ0) is 15.6. The number of carbonyl (C=O) groups is 2. The Morgan fingerprint density at radius 3 is 2.57 bits per heavy atom. The SMILES string of the molecule is Cc1cccc(NC(=O)c2ccc(Cl)c(F)c2)c1C(=O)O. The lowest BCUT2D eigenvalue weighted by atomic mass is 10.1. The molecule has 6 heteroatoms. The Hall–Kier alpha value is -2.40. The van der Waals surface area contributed by atoms with Crippen LogP contribution in [0.15, 0.2) is 36.4 Å². The Balaban J connectivity index is 2.34. The second-order valence-electron chi connectivity index (χ2n) is 4.39. The number of nitrogens with one attached hydrogen (secondary N) is 1. The second kappa shape index (κ2) is 5.93. The lowest BCUT2D eigenvalue weighted by Crippen LogP contribution is -2.15. The van der Waals surface area contributed by atoms with E-state index in [-0.39, 0.29) is 21.8 Å². The number of halogens is 2. The Labute approximate surface area is 125 Å². The zero-order valence-corrected chi connectivity index (χ0v) is 11.7. The van der Waals surface area contributed by atoms with Gasteiger partial charge in [-0.05, 0) is 36.8 Å². The number of anilines is 1. The molecule has 2 aromatic rings. The highest BCUT2D eigenvalue weighted by Gasteiger charge is 2.16. The molecule has 2 N–H and O–H groups in total. The van der Waals surface area contributed by atoms with Gasteiger partial charge in [-0.2, -0.15) is 0 Å². The van der Waals surface area contributed by atoms with Gasteiger partial charge in [-0.15, -0.1) is 0 Å². The molecule has 0 bridgehead atoms. The molecule has 2 aromatic carbocycles. The predicted molar refractivity (Wildman–Crippen MR) is 77.5 cm³/mol. The maximum absolute atomic E-state index is 13.3. The first-order chi connectivity index (χ1) is 9.90. The summed E-state index contributed by atoms with van der Waals surface area (Å²) < 4.78 is 13.3. The molecule has 1 amide bonds. The molecular formula is C15H11ClFNO3. The van der Waals surface area contributed by atoms with Crippen LogP contribution in [0.1, 0.15) is 26.3 Å². The molecule has 0 unspecified atom stereocenters. The van der Waals surface area contributed by atoms with E-state index < -0.39 is 17.7 Å². The van der Waals surface area contributed by atoms with Gasteiger partial charge in [-0.3, -0.25) is 4.79 Å². The summed E-state index contributed by atoms with van der Waals surface area (Å²) >= 11 is 5.55. The minimum absolute atomic E-state index is 0.000264. The maximum Gasteiger partial charge on any atom is 0.338 e. The van der Waals surface area contributed by atoms with Crippen LogP contribution in [0.5, 0.6) is 0 Å². The van der Waals surface area contributed by atoms with Gasteiger partial charge in [0.15, 0.2) is 0 Å². The van der Waals surface area contributed by atoms with Gasteiger partial charge >= 0.3 is 5.97 Å². The molecule has 0 heterocycles. The first-order valence-corrected chi connectivity index (χ1v) is 6.37. The number of aromatic carboxylic acids is 1. The molecular weight excluding hydrogens is 297 g/mol. The molecule has 0 atom stereocenters. The van der Waals surface area contributed by atoms with Crippen molar-refractivity contribution in [2.24, 2.45) is 0 Å². The molecule has 0 saturated heterocycles. The Morgan fingerprint density at radius 2 is 1.95 bits per heavy atom. The van der Waals surface area contributed by atoms with Crippen molar-refractivity contribution >= 4 is 29.2 Å². The van der Waals surface area contributed by atoms with Crippen molar-refractivity contribution in [1.29, 1.82) is 0 Å². The number of benzene rings is 2. The highest BCUT2D eigenvalue weighted by atomic mass is 35.5. The van der Waals surface area contributed by atoms with Gasteiger partial charge in [-0.1, -0.05) is 23.7 Å². The van der Waals surface area contributed by atoms with E-state index in [2.05, 4.69) is 5.32 Å². The Bertz CT molecular complexity index is 731. The van der Waals surface area contributed by atoms with E-state index >= 15 is 0 Å². The summed E-state index contributed by atoms with van der Waals surface area (Å²) in [6.45, 7) is 1.63. The minimum atomic E-state index is -1.15. The van der Waals surface area contributed by atoms with Crippen molar-refractivity contribution < 1.29 is 19.1 Å². The highest BCUT2D eigenvalue weighted by molar-refractivity contribution is 6.30.